The number of hydrogen-bond acceptors (Lipinski definition) is 4. The molecule has 5 heteroatoms. The first kappa shape index (κ1) is 18.1. The van der Waals surface area contributed by atoms with E-state index in [-0.39, 0.29) is 11.5 Å². The normalized spacial score (nSPS) is 10.8. The van der Waals surface area contributed by atoms with Gasteiger partial charge in [-0.3, -0.25) is 4.79 Å². The molecule has 0 atom stereocenters. The molecule has 0 radical (unpaired) electrons. The van der Waals surface area contributed by atoms with E-state index in [2.05, 4.69) is 15.9 Å². The lowest BCUT2D eigenvalue weighted by molar-refractivity contribution is 0.104. The number of allylic oxidation sites excluding steroid dienone is 1. The molecule has 0 unspecified atom stereocenters. The summed E-state index contributed by atoms with van der Waals surface area (Å²) in [6, 6.07) is 10.9. The zero-order valence-corrected chi connectivity index (χ0v) is 15.5. The van der Waals surface area contributed by atoms with E-state index in [1.54, 1.807) is 30.3 Å². The summed E-state index contributed by atoms with van der Waals surface area (Å²) in [6.07, 6.45) is 3.22. The molecule has 126 valence electrons. The SMILES string of the molecule is CCOc1cc(/C=C/C(=O)c2ccc(N(C)C)cc2)cc(Br)c1O. The van der Waals surface area contributed by atoms with Crippen LogP contribution in [0.15, 0.2) is 46.9 Å². The monoisotopic (exact) mass is 389 g/mol. The van der Waals surface area contributed by atoms with Crippen molar-refractivity contribution in [1.29, 1.82) is 0 Å². The lowest BCUT2D eigenvalue weighted by Crippen LogP contribution is -2.08. The summed E-state index contributed by atoms with van der Waals surface area (Å²) >= 11 is 3.29. The molecule has 0 saturated heterocycles. The number of phenolic OH excluding ortho intramolecular Hbond substituents is 1. The van der Waals surface area contributed by atoms with Gasteiger partial charge in [0.15, 0.2) is 17.3 Å². The van der Waals surface area contributed by atoms with E-state index in [0.29, 0.717) is 22.4 Å². The minimum atomic E-state index is -0.0811. The predicted octanol–water partition coefficient (Wildman–Crippen LogP) is 4.52. The van der Waals surface area contributed by atoms with Gasteiger partial charge in [0.2, 0.25) is 0 Å². The van der Waals surface area contributed by atoms with Crippen molar-refractivity contribution in [2.45, 2.75) is 6.92 Å². The number of nitrogens with zero attached hydrogens (tertiary/aromatic N) is 1. The lowest BCUT2D eigenvalue weighted by Gasteiger charge is -2.12. The topological polar surface area (TPSA) is 49.8 Å². The molecule has 2 aromatic carbocycles. The summed E-state index contributed by atoms with van der Waals surface area (Å²) in [4.78, 5) is 14.2. The lowest BCUT2D eigenvalue weighted by atomic mass is 10.1. The molecular formula is C19H20BrNO3. The van der Waals surface area contributed by atoms with Gasteiger partial charge in [-0.05, 0) is 70.9 Å². The maximum atomic E-state index is 12.3. The van der Waals surface area contributed by atoms with Crippen LogP contribution in [-0.4, -0.2) is 31.6 Å². The Morgan fingerprint density at radius 2 is 1.92 bits per heavy atom. The highest BCUT2D eigenvalue weighted by Crippen LogP contribution is 2.35. The molecule has 0 aliphatic heterocycles. The molecule has 1 N–H and O–H groups in total. The second-order valence-corrected chi connectivity index (χ2v) is 6.28. The third kappa shape index (κ3) is 4.38. The summed E-state index contributed by atoms with van der Waals surface area (Å²) < 4.78 is 5.91. The first-order chi connectivity index (χ1) is 11.4. The van der Waals surface area contributed by atoms with Gasteiger partial charge in [0.1, 0.15) is 0 Å². The van der Waals surface area contributed by atoms with Crippen LogP contribution in [0.4, 0.5) is 5.69 Å². The predicted molar refractivity (Wildman–Crippen MR) is 101 cm³/mol. The number of anilines is 1. The number of ketones is 1. The van der Waals surface area contributed by atoms with Crippen LogP contribution in [0.2, 0.25) is 0 Å². The average molecular weight is 390 g/mol. The molecule has 0 fully saturated rings. The van der Waals surface area contributed by atoms with E-state index in [0.717, 1.165) is 11.3 Å². The van der Waals surface area contributed by atoms with E-state index < -0.39 is 0 Å². The van der Waals surface area contributed by atoms with E-state index in [4.69, 9.17) is 4.74 Å². The fourth-order valence-electron chi connectivity index (χ4n) is 2.15. The van der Waals surface area contributed by atoms with Crippen molar-refractivity contribution < 1.29 is 14.6 Å². The summed E-state index contributed by atoms with van der Waals surface area (Å²) in [5.41, 5.74) is 2.43. The number of ether oxygens (including phenoxy) is 1. The maximum Gasteiger partial charge on any atom is 0.185 e. The molecule has 0 spiro atoms. The third-order valence-electron chi connectivity index (χ3n) is 3.45. The highest BCUT2D eigenvalue weighted by molar-refractivity contribution is 9.10. The van der Waals surface area contributed by atoms with Gasteiger partial charge in [0.05, 0.1) is 11.1 Å². The molecule has 24 heavy (non-hydrogen) atoms. The van der Waals surface area contributed by atoms with Crippen LogP contribution in [-0.2, 0) is 0 Å². The minimum Gasteiger partial charge on any atom is -0.503 e. The first-order valence-electron chi connectivity index (χ1n) is 7.57. The van der Waals surface area contributed by atoms with Crippen LogP contribution in [0.1, 0.15) is 22.8 Å². The first-order valence-corrected chi connectivity index (χ1v) is 8.36. The fourth-order valence-corrected chi connectivity index (χ4v) is 2.61. The summed E-state index contributed by atoms with van der Waals surface area (Å²) in [6.45, 7) is 2.29. The van der Waals surface area contributed by atoms with Crippen molar-refractivity contribution >= 4 is 33.5 Å². The number of halogens is 1. The summed E-state index contributed by atoms with van der Waals surface area (Å²) in [5, 5.41) is 9.91. The molecule has 0 aromatic heterocycles. The zero-order chi connectivity index (χ0) is 17.7. The maximum absolute atomic E-state index is 12.3. The molecule has 0 aliphatic rings. The average Bonchev–Trinajstić information content (AvgIpc) is 2.57. The molecule has 0 bridgehead atoms. The van der Waals surface area contributed by atoms with Gasteiger partial charge in [0, 0.05) is 25.3 Å². The van der Waals surface area contributed by atoms with Gasteiger partial charge in [-0.25, -0.2) is 0 Å². The Bertz CT molecular complexity index is 752. The molecule has 0 aliphatic carbocycles. The Morgan fingerprint density at radius 3 is 2.50 bits per heavy atom. The van der Waals surface area contributed by atoms with E-state index in [1.165, 1.54) is 6.08 Å². The molecular weight excluding hydrogens is 370 g/mol. The molecule has 0 amide bonds. The van der Waals surface area contributed by atoms with Crippen molar-refractivity contribution in [3.63, 3.8) is 0 Å². The van der Waals surface area contributed by atoms with E-state index >= 15 is 0 Å². The van der Waals surface area contributed by atoms with Crippen LogP contribution >= 0.6 is 15.9 Å². The molecule has 2 rings (SSSR count). The van der Waals surface area contributed by atoms with Crippen molar-refractivity contribution in [3.05, 3.63) is 58.1 Å². The summed E-state index contributed by atoms with van der Waals surface area (Å²) in [5.74, 6) is 0.358. The van der Waals surface area contributed by atoms with Crippen molar-refractivity contribution in [3.8, 4) is 11.5 Å². The Labute approximate surface area is 150 Å². The third-order valence-corrected chi connectivity index (χ3v) is 4.05. The molecule has 2 aromatic rings. The summed E-state index contributed by atoms with van der Waals surface area (Å²) in [7, 11) is 3.91. The van der Waals surface area contributed by atoms with E-state index in [1.807, 2.05) is 38.1 Å². The van der Waals surface area contributed by atoms with E-state index in [9.17, 15) is 9.90 Å². The van der Waals surface area contributed by atoms with Gasteiger partial charge in [-0.2, -0.15) is 0 Å². The van der Waals surface area contributed by atoms with Crippen LogP contribution in [0, 0.1) is 0 Å². The standard InChI is InChI=1S/C19H20BrNO3/c1-4-24-18-12-13(11-16(20)19(18)23)5-10-17(22)14-6-8-15(9-7-14)21(2)3/h5-12,23H,4H2,1-3H3/b10-5+. The smallest absolute Gasteiger partial charge is 0.185 e. The number of aromatic hydroxyl groups is 1. The minimum absolute atomic E-state index is 0.0552. The number of hydrogen-bond donors (Lipinski definition) is 1. The zero-order valence-electron chi connectivity index (χ0n) is 13.9. The Hall–Kier alpha value is -2.27. The van der Waals surface area contributed by atoms with Crippen LogP contribution < -0.4 is 9.64 Å². The number of rotatable bonds is 6. The number of benzene rings is 2. The van der Waals surface area contributed by atoms with Crippen LogP contribution in [0.5, 0.6) is 11.5 Å². The van der Waals surface area contributed by atoms with Gasteiger partial charge >= 0.3 is 0 Å². The number of phenols is 1. The van der Waals surface area contributed by atoms with Crippen molar-refractivity contribution in [1.82, 2.24) is 0 Å². The van der Waals surface area contributed by atoms with Crippen molar-refractivity contribution in [2.75, 3.05) is 25.6 Å². The van der Waals surface area contributed by atoms with Crippen LogP contribution in [0.25, 0.3) is 6.08 Å². The number of carbonyl (C=O) groups excluding carboxylic acids is 1. The largest absolute Gasteiger partial charge is 0.503 e. The highest BCUT2D eigenvalue weighted by Gasteiger charge is 2.08. The molecule has 0 saturated carbocycles. The van der Waals surface area contributed by atoms with Gasteiger partial charge in [-0.15, -0.1) is 0 Å². The van der Waals surface area contributed by atoms with Gasteiger partial charge in [-0.1, -0.05) is 6.08 Å². The number of carbonyl (C=O) groups is 1. The Balaban J connectivity index is 2.19. The Kier molecular flexibility index (Phi) is 6.04. The highest BCUT2D eigenvalue weighted by atomic mass is 79.9. The molecule has 4 nitrogen and oxygen atoms in total. The fraction of sp³-hybridized carbons (Fsp3) is 0.211. The second kappa shape index (κ2) is 8.02. The Morgan fingerprint density at radius 1 is 1.25 bits per heavy atom. The van der Waals surface area contributed by atoms with Crippen molar-refractivity contribution in [2.24, 2.45) is 0 Å². The quantitative estimate of drug-likeness (QED) is 0.582. The van der Waals surface area contributed by atoms with Crippen LogP contribution in [0.3, 0.4) is 0 Å². The van der Waals surface area contributed by atoms with Gasteiger partial charge < -0.3 is 14.7 Å². The van der Waals surface area contributed by atoms with Gasteiger partial charge in [0.25, 0.3) is 0 Å². The molecule has 0 heterocycles. The second-order valence-electron chi connectivity index (χ2n) is 5.42.